The van der Waals surface area contributed by atoms with Crippen LogP contribution in [0, 0.1) is 0 Å². The Morgan fingerprint density at radius 1 is 0.356 bits per heavy atom. The van der Waals surface area contributed by atoms with Crippen molar-refractivity contribution in [2.24, 2.45) is 0 Å². The van der Waals surface area contributed by atoms with E-state index < -0.39 is 0 Å². The summed E-state index contributed by atoms with van der Waals surface area (Å²) in [6.45, 7) is 4.50. The summed E-state index contributed by atoms with van der Waals surface area (Å²) in [7, 11) is 0. The lowest BCUT2D eigenvalue weighted by atomic mass is 9.95. The first-order valence-electron chi connectivity index (χ1n) is 17.9. The zero-order valence-corrected chi connectivity index (χ0v) is 28.3. The third-order valence-corrected chi connectivity index (χ3v) is 9.33. The van der Waals surface area contributed by atoms with Gasteiger partial charge in [0.15, 0.2) is 0 Å². The number of nitrogen functional groups attached to an aromatic ring is 2. The van der Waals surface area contributed by atoms with E-state index in [-0.39, 0.29) is 0 Å². The largest absolute Gasteiger partial charge is 0.399 e. The highest BCUT2D eigenvalue weighted by Crippen LogP contribution is 2.22. The average Bonchev–Trinajstić information content (AvgIpc) is 3.05. The van der Waals surface area contributed by atoms with Gasteiger partial charge in [0.1, 0.15) is 0 Å². The van der Waals surface area contributed by atoms with Crippen LogP contribution in [0.25, 0.3) is 0 Å². The van der Waals surface area contributed by atoms with Crippen molar-refractivity contribution in [3.8, 4) is 0 Å². The number of aryl methyl sites for hydroxylation is 4. The molecule has 0 aliphatic carbocycles. The minimum Gasteiger partial charge on any atom is -0.399 e. The molecule has 0 saturated carbocycles. The molecule has 4 aromatic carbocycles. The fourth-order valence-corrected chi connectivity index (χ4v) is 6.47. The Morgan fingerprint density at radius 3 is 1.09 bits per heavy atom. The molecule has 0 aliphatic heterocycles. The Morgan fingerprint density at radius 2 is 0.711 bits per heavy atom. The van der Waals surface area contributed by atoms with Gasteiger partial charge in [-0.2, -0.15) is 0 Å². The Balaban J connectivity index is 1.07. The molecular weight excluding hydrogens is 544 g/mol. The number of unbranched alkanes of at least 4 members (excludes halogenated alkanes) is 8. The van der Waals surface area contributed by atoms with Crippen molar-refractivity contribution < 1.29 is 0 Å². The number of hydrogen-bond acceptors (Lipinski definition) is 2. The molecule has 0 saturated heterocycles. The number of nitrogens with two attached hydrogens (primary N) is 2. The second-order valence-electron chi connectivity index (χ2n) is 13.2. The van der Waals surface area contributed by atoms with Gasteiger partial charge < -0.3 is 11.5 Å². The standard InChI is InChI=1S/C43H58N2/c1-3-5-16-38-32-42(44)28-26-40(38)30-36-22-18-34(19-23-36)14-12-10-8-7-9-11-13-15-35-20-24-37(25-21-35)31-41-27-29-43(45)33-39(41)17-6-4-2/h18-29,32-33H,3-17,30-31,44-45H2,1-2H3. The van der Waals surface area contributed by atoms with Gasteiger partial charge in [-0.25, -0.2) is 0 Å². The van der Waals surface area contributed by atoms with Gasteiger partial charge in [-0.1, -0.05) is 119 Å². The van der Waals surface area contributed by atoms with E-state index in [1.165, 1.54) is 128 Å². The summed E-state index contributed by atoms with van der Waals surface area (Å²) in [5, 5.41) is 0. The number of anilines is 2. The van der Waals surface area contributed by atoms with E-state index in [1.807, 2.05) is 12.1 Å². The van der Waals surface area contributed by atoms with E-state index in [0.29, 0.717) is 0 Å². The van der Waals surface area contributed by atoms with E-state index in [1.54, 1.807) is 0 Å². The highest BCUT2D eigenvalue weighted by atomic mass is 14.5. The van der Waals surface area contributed by atoms with Crippen molar-refractivity contribution in [2.45, 2.75) is 123 Å². The molecular formula is C43H58N2. The van der Waals surface area contributed by atoms with E-state index in [0.717, 1.165) is 37.1 Å². The second kappa shape index (κ2) is 19.1. The van der Waals surface area contributed by atoms with Crippen molar-refractivity contribution >= 4 is 11.4 Å². The zero-order valence-electron chi connectivity index (χ0n) is 28.3. The van der Waals surface area contributed by atoms with Gasteiger partial charge in [-0.05, 0) is 133 Å². The maximum Gasteiger partial charge on any atom is 0.0316 e. The SMILES string of the molecule is CCCCc1cc(N)ccc1Cc1ccc(CCCCCCCCCc2ccc(Cc3ccc(N)cc3CCCC)cc2)cc1. The maximum atomic E-state index is 6.07. The van der Waals surface area contributed by atoms with Gasteiger partial charge in [0.2, 0.25) is 0 Å². The lowest BCUT2D eigenvalue weighted by Crippen LogP contribution is -1.98. The summed E-state index contributed by atoms with van der Waals surface area (Å²) in [6.07, 6.45) is 20.8. The minimum atomic E-state index is 0.879. The molecule has 0 aromatic heterocycles. The monoisotopic (exact) mass is 602 g/mol. The van der Waals surface area contributed by atoms with Crippen molar-refractivity contribution in [3.05, 3.63) is 129 Å². The Bertz CT molecular complexity index is 1290. The van der Waals surface area contributed by atoms with Crippen LogP contribution in [-0.2, 0) is 38.5 Å². The molecule has 0 atom stereocenters. The van der Waals surface area contributed by atoms with Gasteiger partial charge in [0.25, 0.3) is 0 Å². The van der Waals surface area contributed by atoms with Crippen LogP contribution < -0.4 is 11.5 Å². The molecule has 0 bridgehead atoms. The van der Waals surface area contributed by atoms with Crippen LogP contribution in [-0.4, -0.2) is 0 Å². The molecule has 4 N–H and O–H groups in total. The molecule has 4 aromatic rings. The lowest BCUT2D eigenvalue weighted by molar-refractivity contribution is 0.579. The summed E-state index contributed by atoms with van der Waals surface area (Å²) in [5.41, 5.74) is 25.3. The van der Waals surface area contributed by atoms with Gasteiger partial charge >= 0.3 is 0 Å². The normalized spacial score (nSPS) is 11.2. The van der Waals surface area contributed by atoms with Gasteiger partial charge in [-0.3, -0.25) is 0 Å². The van der Waals surface area contributed by atoms with Crippen LogP contribution in [0.1, 0.15) is 129 Å². The quantitative estimate of drug-likeness (QED) is 0.0781. The summed E-state index contributed by atoms with van der Waals surface area (Å²) >= 11 is 0. The van der Waals surface area contributed by atoms with E-state index >= 15 is 0 Å². The molecule has 0 aliphatic rings. The van der Waals surface area contributed by atoms with E-state index in [2.05, 4.69) is 86.6 Å². The number of benzene rings is 4. The zero-order chi connectivity index (χ0) is 31.7. The Labute approximate surface area is 274 Å². The second-order valence-corrected chi connectivity index (χ2v) is 13.2. The van der Waals surface area contributed by atoms with Crippen molar-refractivity contribution in [1.29, 1.82) is 0 Å². The molecule has 45 heavy (non-hydrogen) atoms. The van der Waals surface area contributed by atoms with Crippen LogP contribution in [0.4, 0.5) is 11.4 Å². The molecule has 2 nitrogen and oxygen atoms in total. The summed E-state index contributed by atoms with van der Waals surface area (Å²) in [4.78, 5) is 0. The topological polar surface area (TPSA) is 52.0 Å². The summed E-state index contributed by atoms with van der Waals surface area (Å²) in [6, 6.07) is 31.6. The Hall–Kier alpha value is -3.52. The van der Waals surface area contributed by atoms with Crippen LogP contribution >= 0.6 is 0 Å². The van der Waals surface area contributed by atoms with Crippen LogP contribution in [0.2, 0.25) is 0 Å². The molecule has 2 heteroatoms. The molecule has 240 valence electrons. The predicted octanol–water partition coefficient (Wildman–Crippen LogP) is 11.2. The number of hydrogen-bond donors (Lipinski definition) is 2. The first-order valence-corrected chi connectivity index (χ1v) is 17.9. The third-order valence-electron chi connectivity index (χ3n) is 9.33. The predicted molar refractivity (Wildman–Crippen MR) is 197 cm³/mol. The van der Waals surface area contributed by atoms with E-state index in [4.69, 9.17) is 11.5 Å². The Kier molecular flexibility index (Phi) is 14.6. The fraction of sp³-hybridized carbons (Fsp3) is 0.442. The molecule has 0 amide bonds. The van der Waals surface area contributed by atoms with Crippen LogP contribution in [0.3, 0.4) is 0 Å². The summed E-state index contributed by atoms with van der Waals surface area (Å²) in [5.74, 6) is 0. The van der Waals surface area contributed by atoms with Crippen LogP contribution in [0.15, 0.2) is 84.9 Å². The highest BCUT2D eigenvalue weighted by molar-refractivity contribution is 5.47. The van der Waals surface area contributed by atoms with Gasteiger partial charge in [0.05, 0.1) is 0 Å². The first-order chi connectivity index (χ1) is 22.0. The molecule has 0 heterocycles. The first kappa shape index (κ1) is 34.4. The maximum absolute atomic E-state index is 6.07. The highest BCUT2D eigenvalue weighted by Gasteiger charge is 2.07. The van der Waals surface area contributed by atoms with Crippen molar-refractivity contribution in [1.82, 2.24) is 0 Å². The van der Waals surface area contributed by atoms with Gasteiger partial charge in [0, 0.05) is 11.4 Å². The van der Waals surface area contributed by atoms with E-state index in [9.17, 15) is 0 Å². The van der Waals surface area contributed by atoms with Crippen molar-refractivity contribution in [3.63, 3.8) is 0 Å². The van der Waals surface area contributed by atoms with Crippen molar-refractivity contribution in [2.75, 3.05) is 11.5 Å². The smallest absolute Gasteiger partial charge is 0.0316 e. The number of rotatable bonds is 20. The molecule has 0 unspecified atom stereocenters. The molecule has 0 radical (unpaired) electrons. The fourth-order valence-electron chi connectivity index (χ4n) is 6.47. The average molecular weight is 603 g/mol. The molecule has 4 rings (SSSR count). The van der Waals surface area contributed by atoms with Crippen LogP contribution in [0.5, 0.6) is 0 Å². The van der Waals surface area contributed by atoms with Gasteiger partial charge in [-0.15, -0.1) is 0 Å². The minimum absolute atomic E-state index is 0.879. The third kappa shape index (κ3) is 12.1. The molecule has 0 spiro atoms. The summed E-state index contributed by atoms with van der Waals surface area (Å²) < 4.78 is 0. The molecule has 0 fully saturated rings. The lowest BCUT2D eigenvalue weighted by Gasteiger charge is -2.11.